The molecule has 0 spiro atoms. The molecule has 6 unspecified atom stereocenters. The number of ether oxygens (including phenoxy) is 4. The van der Waals surface area contributed by atoms with Crippen LogP contribution in [0.3, 0.4) is 0 Å². The number of unbranched alkanes of at least 4 members (excludes halogenated alkanes) is 21. The number of esters is 1. The molecular formula is C43H80O9. The normalized spacial score (nSPS) is 21.4. The summed E-state index contributed by atoms with van der Waals surface area (Å²) >= 11 is 0. The highest BCUT2D eigenvalue weighted by Crippen LogP contribution is 2.22. The van der Waals surface area contributed by atoms with Crippen LogP contribution in [0.4, 0.5) is 0 Å². The predicted octanol–water partition coefficient (Wildman–Crippen LogP) is 9.03. The zero-order valence-corrected chi connectivity index (χ0v) is 33.3. The number of carbonyl (C=O) groups excluding carboxylic acids is 1. The van der Waals surface area contributed by atoms with Crippen molar-refractivity contribution in [2.45, 2.75) is 218 Å². The van der Waals surface area contributed by atoms with E-state index in [0.717, 1.165) is 51.4 Å². The molecule has 4 N–H and O–H groups in total. The first-order valence-electron chi connectivity index (χ1n) is 21.4. The molecule has 1 aliphatic heterocycles. The lowest BCUT2D eigenvalue weighted by molar-refractivity contribution is -0.305. The first kappa shape index (κ1) is 48.7. The summed E-state index contributed by atoms with van der Waals surface area (Å²) < 4.78 is 22.6. The van der Waals surface area contributed by atoms with E-state index in [4.69, 9.17) is 18.9 Å². The molecule has 1 rings (SSSR count). The number of aliphatic hydroxyl groups is 4. The van der Waals surface area contributed by atoms with Crippen LogP contribution in [0.2, 0.25) is 0 Å². The van der Waals surface area contributed by atoms with E-state index in [0.29, 0.717) is 13.0 Å². The lowest BCUT2D eigenvalue weighted by Gasteiger charge is -2.39. The molecular weight excluding hydrogens is 660 g/mol. The van der Waals surface area contributed by atoms with E-state index in [1.807, 2.05) is 0 Å². The van der Waals surface area contributed by atoms with Crippen LogP contribution >= 0.6 is 0 Å². The second-order valence-electron chi connectivity index (χ2n) is 14.8. The van der Waals surface area contributed by atoms with Gasteiger partial charge < -0.3 is 39.4 Å². The predicted molar refractivity (Wildman–Crippen MR) is 210 cm³/mol. The molecule has 0 aliphatic carbocycles. The molecule has 1 heterocycles. The van der Waals surface area contributed by atoms with Gasteiger partial charge >= 0.3 is 5.97 Å². The molecule has 1 aliphatic rings. The molecule has 1 saturated heterocycles. The standard InChI is InChI=1S/C43H80O9/c1-3-5-7-9-10-11-12-13-14-15-16-17-18-19-20-21-22-23-24-25-26-27-29-31-33-49-35-37(51-39(45)32-30-28-8-6-4-2)36-50-43-42(48)41(47)40(46)38(34-44)52-43/h12-13,15-16,37-38,40-44,46-48H,3-11,14,17-36H2,1-2H3/b13-12-,16-15-. The van der Waals surface area contributed by atoms with Gasteiger partial charge in [-0.15, -0.1) is 0 Å². The van der Waals surface area contributed by atoms with E-state index in [1.165, 1.54) is 109 Å². The topological polar surface area (TPSA) is 135 Å². The molecule has 0 saturated carbocycles. The van der Waals surface area contributed by atoms with Crippen LogP contribution in [0.15, 0.2) is 24.3 Å². The van der Waals surface area contributed by atoms with Gasteiger partial charge in [-0.2, -0.15) is 0 Å². The fraction of sp³-hybridized carbons (Fsp3) is 0.884. The van der Waals surface area contributed by atoms with E-state index in [2.05, 4.69) is 38.2 Å². The molecule has 0 radical (unpaired) electrons. The van der Waals surface area contributed by atoms with Gasteiger partial charge in [0.25, 0.3) is 0 Å². The third-order valence-corrected chi connectivity index (χ3v) is 9.87. The van der Waals surface area contributed by atoms with Gasteiger partial charge in [-0.05, 0) is 44.9 Å². The molecule has 306 valence electrons. The Hall–Kier alpha value is -1.33. The maximum atomic E-state index is 12.5. The maximum absolute atomic E-state index is 12.5. The average Bonchev–Trinajstić information content (AvgIpc) is 3.14. The molecule has 0 aromatic heterocycles. The van der Waals surface area contributed by atoms with Gasteiger partial charge in [0.2, 0.25) is 0 Å². The van der Waals surface area contributed by atoms with Gasteiger partial charge in [-0.1, -0.05) is 154 Å². The minimum atomic E-state index is -1.53. The van der Waals surface area contributed by atoms with Crippen molar-refractivity contribution in [1.82, 2.24) is 0 Å². The molecule has 0 amide bonds. The summed E-state index contributed by atoms with van der Waals surface area (Å²) in [6.45, 7) is 4.46. The zero-order chi connectivity index (χ0) is 37.9. The number of allylic oxidation sites excluding steroid dienone is 4. The Bertz CT molecular complexity index is 848. The Morgan fingerprint density at radius 2 is 1.12 bits per heavy atom. The van der Waals surface area contributed by atoms with Gasteiger partial charge in [-0.25, -0.2) is 0 Å². The van der Waals surface area contributed by atoms with Crippen LogP contribution in [0, 0.1) is 0 Å². The van der Waals surface area contributed by atoms with Crippen molar-refractivity contribution < 1.29 is 44.2 Å². The first-order chi connectivity index (χ1) is 25.4. The monoisotopic (exact) mass is 741 g/mol. The fourth-order valence-corrected chi connectivity index (χ4v) is 6.46. The van der Waals surface area contributed by atoms with E-state index in [1.54, 1.807) is 0 Å². The SMILES string of the molecule is CCCCCCC/C=C\C/C=C\CCCCCCCCCCCCCCOCC(COC1OC(CO)C(O)C(O)C1O)OC(=O)CCCCCCC. The Morgan fingerprint density at radius 1 is 0.615 bits per heavy atom. The van der Waals surface area contributed by atoms with Crippen LogP contribution in [0.1, 0.15) is 181 Å². The molecule has 1 fully saturated rings. The van der Waals surface area contributed by atoms with Gasteiger partial charge in [0, 0.05) is 13.0 Å². The molecule has 0 aromatic rings. The Kier molecular flexibility index (Phi) is 33.1. The summed E-state index contributed by atoms with van der Waals surface area (Å²) in [5.74, 6) is -0.326. The van der Waals surface area contributed by atoms with Crippen molar-refractivity contribution in [3.63, 3.8) is 0 Å². The number of aliphatic hydroxyl groups excluding tert-OH is 4. The van der Waals surface area contributed by atoms with Crippen molar-refractivity contribution in [1.29, 1.82) is 0 Å². The number of hydrogen-bond acceptors (Lipinski definition) is 9. The van der Waals surface area contributed by atoms with Crippen molar-refractivity contribution in [2.75, 3.05) is 26.4 Å². The summed E-state index contributed by atoms with van der Waals surface area (Å²) in [5.41, 5.74) is 0. The Balaban J connectivity index is 2.10. The second kappa shape index (κ2) is 35.4. The molecule has 9 heteroatoms. The van der Waals surface area contributed by atoms with Crippen LogP contribution < -0.4 is 0 Å². The van der Waals surface area contributed by atoms with Gasteiger partial charge in [-0.3, -0.25) is 4.79 Å². The lowest BCUT2D eigenvalue weighted by atomic mass is 9.99. The van der Waals surface area contributed by atoms with Crippen LogP contribution in [0.5, 0.6) is 0 Å². The third-order valence-electron chi connectivity index (χ3n) is 9.87. The van der Waals surface area contributed by atoms with E-state index in [-0.39, 0.29) is 19.2 Å². The van der Waals surface area contributed by atoms with Crippen molar-refractivity contribution in [3.8, 4) is 0 Å². The Labute approximate surface area is 317 Å². The lowest BCUT2D eigenvalue weighted by Crippen LogP contribution is -2.59. The largest absolute Gasteiger partial charge is 0.457 e. The fourth-order valence-electron chi connectivity index (χ4n) is 6.46. The van der Waals surface area contributed by atoms with Crippen LogP contribution in [0.25, 0.3) is 0 Å². The Morgan fingerprint density at radius 3 is 1.65 bits per heavy atom. The van der Waals surface area contributed by atoms with Crippen molar-refractivity contribution >= 4 is 5.97 Å². The number of carbonyl (C=O) groups is 1. The van der Waals surface area contributed by atoms with E-state index < -0.39 is 43.4 Å². The summed E-state index contributed by atoms with van der Waals surface area (Å²) in [6, 6.07) is 0. The quantitative estimate of drug-likeness (QED) is 0.0282. The molecule has 52 heavy (non-hydrogen) atoms. The van der Waals surface area contributed by atoms with Crippen molar-refractivity contribution in [2.24, 2.45) is 0 Å². The number of rotatable bonds is 36. The summed E-state index contributed by atoms with van der Waals surface area (Å²) in [7, 11) is 0. The van der Waals surface area contributed by atoms with E-state index in [9.17, 15) is 25.2 Å². The first-order valence-corrected chi connectivity index (χ1v) is 21.4. The highest BCUT2D eigenvalue weighted by Gasteiger charge is 2.44. The second-order valence-corrected chi connectivity index (χ2v) is 14.8. The number of hydrogen-bond donors (Lipinski definition) is 4. The minimum absolute atomic E-state index is 0.112. The third kappa shape index (κ3) is 26.4. The highest BCUT2D eigenvalue weighted by atomic mass is 16.7. The minimum Gasteiger partial charge on any atom is -0.457 e. The summed E-state index contributed by atoms with van der Waals surface area (Å²) in [4.78, 5) is 12.5. The molecule has 6 atom stereocenters. The molecule has 0 aromatic carbocycles. The van der Waals surface area contributed by atoms with Gasteiger partial charge in [0.1, 0.15) is 30.5 Å². The van der Waals surface area contributed by atoms with Gasteiger partial charge in [0.05, 0.1) is 19.8 Å². The average molecular weight is 741 g/mol. The molecule has 9 nitrogen and oxygen atoms in total. The van der Waals surface area contributed by atoms with Crippen molar-refractivity contribution in [3.05, 3.63) is 24.3 Å². The zero-order valence-electron chi connectivity index (χ0n) is 33.3. The maximum Gasteiger partial charge on any atom is 0.306 e. The molecule has 0 bridgehead atoms. The van der Waals surface area contributed by atoms with Crippen LogP contribution in [-0.4, -0.2) is 89.6 Å². The summed E-state index contributed by atoms with van der Waals surface area (Å²) in [6.07, 6.45) is 32.6. The summed E-state index contributed by atoms with van der Waals surface area (Å²) in [5, 5.41) is 39.8. The van der Waals surface area contributed by atoms with Crippen LogP contribution in [-0.2, 0) is 23.7 Å². The van der Waals surface area contributed by atoms with Gasteiger partial charge in [0.15, 0.2) is 6.29 Å². The highest BCUT2D eigenvalue weighted by molar-refractivity contribution is 5.69. The van der Waals surface area contributed by atoms with E-state index >= 15 is 0 Å². The smallest absolute Gasteiger partial charge is 0.306 e.